The number of para-hydroxylation sites is 1. The molecule has 0 aliphatic heterocycles. The Balaban J connectivity index is 1.37. The van der Waals surface area contributed by atoms with Crippen molar-refractivity contribution in [1.82, 2.24) is 14.5 Å². The highest BCUT2D eigenvalue weighted by Gasteiger charge is 2.25. The molecule has 1 N–H and O–H groups in total. The van der Waals surface area contributed by atoms with E-state index in [0.29, 0.717) is 5.92 Å². The zero-order valence-corrected chi connectivity index (χ0v) is 40.0. The molecule has 0 amide bonds. The zero-order chi connectivity index (χ0) is 45.7. The van der Waals surface area contributed by atoms with Crippen molar-refractivity contribution in [3.63, 3.8) is 0 Å². The van der Waals surface area contributed by atoms with E-state index in [-0.39, 0.29) is 28.4 Å². The third-order valence-corrected chi connectivity index (χ3v) is 12.7. The van der Waals surface area contributed by atoms with Crippen molar-refractivity contribution in [2.75, 3.05) is 0 Å². The molecule has 0 bridgehead atoms. The quantitative estimate of drug-likeness (QED) is 0.149. The van der Waals surface area contributed by atoms with E-state index in [0.717, 1.165) is 68.0 Å². The summed E-state index contributed by atoms with van der Waals surface area (Å²) in [5.41, 5.74) is 18.4. The third kappa shape index (κ3) is 8.93. The van der Waals surface area contributed by atoms with Gasteiger partial charge in [-0.1, -0.05) is 168 Å². The Hall–Kier alpha value is -6.26. The fraction of sp³-hybridized carbons (Fsp3) is 0.300. The van der Waals surface area contributed by atoms with Crippen LogP contribution in [-0.4, -0.2) is 19.6 Å². The number of phenols is 1. The number of aromatic nitrogens is 3. The van der Waals surface area contributed by atoms with Crippen LogP contribution in [0, 0.1) is 5.92 Å². The highest BCUT2D eigenvalue weighted by molar-refractivity contribution is 5.97. The van der Waals surface area contributed by atoms with Gasteiger partial charge in [0.15, 0.2) is 0 Å². The van der Waals surface area contributed by atoms with E-state index in [1.54, 1.807) is 0 Å². The highest BCUT2D eigenvalue weighted by atomic mass is 16.3. The van der Waals surface area contributed by atoms with Gasteiger partial charge in [0.2, 0.25) is 0 Å². The van der Waals surface area contributed by atoms with E-state index < -0.39 is 0 Å². The number of hydrogen-bond acceptors (Lipinski definition) is 3. The van der Waals surface area contributed by atoms with Crippen molar-refractivity contribution in [2.24, 2.45) is 5.92 Å². The summed E-state index contributed by atoms with van der Waals surface area (Å²) in [4.78, 5) is 10.6. The van der Waals surface area contributed by atoms with Gasteiger partial charge in [-0.25, -0.2) is 4.98 Å². The standard InChI is InChI=1S/C60H65N3O/c1-37(2)29-44-33-49(25-26-50(44)41-17-14-13-15-18-41)63-55-20-16-19-51(56(55)62-58(63)53-35-43(38(3)4)34-52(39(5)6)57(53)64)45-30-46(32-48(31-45)60(10,11)12)54-36-42(27-28-61-54)40-21-23-47(24-22-40)59(7,8)9/h13-28,30-39,64H,29H2,1-12H3. The number of imidazole rings is 1. The number of nitrogens with zero attached hydrogens (tertiary/aromatic N) is 3. The van der Waals surface area contributed by atoms with E-state index >= 15 is 0 Å². The molecular formula is C60H65N3O. The summed E-state index contributed by atoms with van der Waals surface area (Å²) in [5, 5.41) is 12.2. The van der Waals surface area contributed by atoms with Gasteiger partial charge in [-0.15, -0.1) is 0 Å². The van der Waals surface area contributed by atoms with Gasteiger partial charge in [-0.05, 0) is 139 Å². The van der Waals surface area contributed by atoms with Crippen molar-refractivity contribution in [3.8, 4) is 67.5 Å². The van der Waals surface area contributed by atoms with Gasteiger partial charge in [0.05, 0.1) is 22.3 Å². The minimum absolute atomic E-state index is 0.0877. The summed E-state index contributed by atoms with van der Waals surface area (Å²) in [6.07, 6.45) is 2.86. The molecule has 64 heavy (non-hydrogen) atoms. The molecule has 0 atom stereocenters. The summed E-state index contributed by atoms with van der Waals surface area (Å²) in [6.45, 7) is 26.9. The molecule has 326 valence electrons. The molecule has 2 heterocycles. The van der Waals surface area contributed by atoms with E-state index in [1.165, 1.54) is 38.9 Å². The fourth-order valence-corrected chi connectivity index (χ4v) is 8.92. The summed E-state index contributed by atoms with van der Waals surface area (Å²) in [6, 6.07) is 48.6. The van der Waals surface area contributed by atoms with Crippen molar-refractivity contribution >= 4 is 11.0 Å². The van der Waals surface area contributed by atoms with Crippen LogP contribution in [0.5, 0.6) is 5.75 Å². The number of benzene rings is 6. The SMILES string of the molecule is CC(C)Cc1cc(-n2c(-c3cc(C(C)C)cc(C(C)C)c3O)nc3c(-c4cc(-c5cc(-c6ccc(C(C)(C)C)cc6)ccn5)cc(C(C)(C)C)c4)cccc32)ccc1-c1ccccc1. The Morgan fingerprint density at radius 3 is 1.91 bits per heavy atom. The minimum Gasteiger partial charge on any atom is -0.507 e. The molecule has 0 aliphatic rings. The first-order valence-corrected chi connectivity index (χ1v) is 23.2. The van der Waals surface area contributed by atoms with E-state index in [4.69, 9.17) is 9.97 Å². The predicted molar refractivity (Wildman–Crippen MR) is 272 cm³/mol. The number of hydrogen-bond donors (Lipinski definition) is 1. The van der Waals surface area contributed by atoms with E-state index in [1.807, 2.05) is 6.20 Å². The van der Waals surface area contributed by atoms with Crippen LogP contribution >= 0.6 is 0 Å². The molecule has 2 aromatic heterocycles. The first kappa shape index (κ1) is 44.4. The van der Waals surface area contributed by atoms with Crippen molar-refractivity contribution in [1.29, 1.82) is 0 Å². The third-order valence-electron chi connectivity index (χ3n) is 12.7. The van der Waals surface area contributed by atoms with Crippen LogP contribution in [0.3, 0.4) is 0 Å². The van der Waals surface area contributed by atoms with Crippen LogP contribution < -0.4 is 0 Å². The van der Waals surface area contributed by atoms with Gasteiger partial charge in [-0.2, -0.15) is 0 Å². The molecule has 6 aromatic carbocycles. The molecule has 4 heteroatoms. The molecule has 4 nitrogen and oxygen atoms in total. The smallest absolute Gasteiger partial charge is 0.149 e. The Bertz CT molecular complexity index is 2950. The van der Waals surface area contributed by atoms with Gasteiger partial charge in [0.25, 0.3) is 0 Å². The average Bonchev–Trinajstić information content (AvgIpc) is 3.65. The van der Waals surface area contributed by atoms with Gasteiger partial charge < -0.3 is 5.11 Å². The summed E-state index contributed by atoms with van der Waals surface area (Å²) < 4.78 is 2.28. The Kier molecular flexibility index (Phi) is 12.0. The molecule has 0 aliphatic carbocycles. The number of aromatic hydroxyl groups is 1. The monoisotopic (exact) mass is 844 g/mol. The number of rotatable bonds is 10. The molecule has 0 fully saturated rings. The molecule has 0 saturated carbocycles. The second-order valence-corrected chi connectivity index (χ2v) is 20.9. The van der Waals surface area contributed by atoms with Crippen LogP contribution in [0.15, 0.2) is 140 Å². The Morgan fingerprint density at radius 1 is 0.547 bits per heavy atom. The maximum absolute atomic E-state index is 12.2. The second-order valence-electron chi connectivity index (χ2n) is 20.9. The lowest BCUT2D eigenvalue weighted by molar-refractivity contribution is 0.466. The van der Waals surface area contributed by atoms with Crippen molar-refractivity contribution in [2.45, 2.75) is 112 Å². The highest BCUT2D eigenvalue weighted by Crippen LogP contribution is 2.44. The van der Waals surface area contributed by atoms with Crippen LogP contribution in [0.25, 0.3) is 72.7 Å². The first-order valence-electron chi connectivity index (χ1n) is 23.2. The van der Waals surface area contributed by atoms with Gasteiger partial charge >= 0.3 is 0 Å². The van der Waals surface area contributed by atoms with Crippen LogP contribution in [0.2, 0.25) is 0 Å². The van der Waals surface area contributed by atoms with E-state index in [9.17, 15) is 5.11 Å². The number of pyridine rings is 1. The zero-order valence-electron chi connectivity index (χ0n) is 40.0. The van der Waals surface area contributed by atoms with E-state index in [2.05, 4.69) is 221 Å². The normalized spacial score (nSPS) is 12.3. The minimum atomic E-state index is -0.132. The number of fused-ring (bicyclic) bond motifs is 1. The summed E-state index contributed by atoms with van der Waals surface area (Å²) >= 11 is 0. The molecule has 0 saturated heterocycles. The van der Waals surface area contributed by atoms with Crippen molar-refractivity contribution in [3.05, 3.63) is 167 Å². The second kappa shape index (κ2) is 17.4. The van der Waals surface area contributed by atoms with Gasteiger partial charge in [0.1, 0.15) is 11.6 Å². The lowest BCUT2D eigenvalue weighted by Crippen LogP contribution is -2.11. The molecular weight excluding hydrogens is 779 g/mol. The van der Waals surface area contributed by atoms with Gasteiger partial charge in [0, 0.05) is 23.0 Å². The Labute approximate surface area is 382 Å². The molecule has 0 unspecified atom stereocenters. The van der Waals surface area contributed by atoms with Crippen LogP contribution in [-0.2, 0) is 17.3 Å². The first-order chi connectivity index (χ1) is 30.4. The number of phenolic OH excluding ortho intramolecular Hbond substituents is 1. The average molecular weight is 844 g/mol. The summed E-state index contributed by atoms with van der Waals surface area (Å²) in [7, 11) is 0. The van der Waals surface area contributed by atoms with Crippen molar-refractivity contribution < 1.29 is 5.11 Å². The molecule has 8 aromatic rings. The molecule has 0 spiro atoms. The lowest BCUT2D eigenvalue weighted by atomic mass is 9.83. The topological polar surface area (TPSA) is 50.9 Å². The van der Waals surface area contributed by atoms with Gasteiger partial charge in [-0.3, -0.25) is 9.55 Å². The maximum Gasteiger partial charge on any atom is 0.149 e. The van der Waals surface area contributed by atoms with Crippen LogP contribution in [0.1, 0.15) is 123 Å². The molecule has 8 rings (SSSR count). The predicted octanol–water partition coefficient (Wildman–Crippen LogP) is 16.5. The molecule has 0 radical (unpaired) electrons. The summed E-state index contributed by atoms with van der Waals surface area (Å²) in [5.74, 6) is 1.86. The Morgan fingerprint density at radius 2 is 1.25 bits per heavy atom. The fourth-order valence-electron chi connectivity index (χ4n) is 8.92. The van der Waals surface area contributed by atoms with Crippen LogP contribution in [0.4, 0.5) is 0 Å². The maximum atomic E-state index is 12.2. The lowest BCUT2D eigenvalue weighted by Gasteiger charge is -2.22. The largest absolute Gasteiger partial charge is 0.507 e.